The Kier molecular flexibility index (Phi) is 3.31. The Morgan fingerprint density at radius 1 is 1.31 bits per heavy atom. The summed E-state index contributed by atoms with van der Waals surface area (Å²) in [4.78, 5) is 4.44. The van der Waals surface area contributed by atoms with Gasteiger partial charge in [-0.25, -0.2) is 9.37 Å². The number of aromatic nitrogens is 1. The quantitative estimate of drug-likeness (QED) is 0.886. The summed E-state index contributed by atoms with van der Waals surface area (Å²) in [7, 11) is 1.88. The van der Waals surface area contributed by atoms with E-state index >= 15 is 0 Å². The Labute approximate surface area is 98.2 Å². The van der Waals surface area contributed by atoms with E-state index < -0.39 is 0 Å². The number of halogens is 1. The highest BCUT2D eigenvalue weighted by atomic mass is 32.1. The lowest BCUT2D eigenvalue weighted by atomic mass is 10.0. The first-order chi connectivity index (χ1) is 7.70. The van der Waals surface area contributed by atoms with Gasteiger partial charge in [-0.05, 0) is 31.7 Å². The highest BCUT2D eigenvalue weighted by Gasteiger charge is 2.14. The van der Waals surface area contributed by atoms with Crippen molar-refractivity contribution in [2.24, 2.45) is 0 Å². The Hall–Kier alpha value is -1.26. The number of aryl methyl sites for hydroxylation is 1. The molecule has 0 saturated carbocycles. The Bertz CT molecular complexity index is 464. The molecule has 0 aliphatic heterocycles. The van der Waals surface area contributed by atoms with E-state index in [-0.39, 0.29) is 11.9 Å². The van der Waals surface area contributed by atoms with E-state index in [0.717, 1.165) is 16.3 Å². The van der Waals surface area contributed by atoms with Gasteiger partial charge in [0, 0.05) is 5.38 Å². The number of thiazole rings is 1. The summed E-state index contributed by atoms with van der Waals surface area (Å²) in [6, 6.07) is 6.54. The van der Waals surface area contributed by atoms with Gasteiger partial charge in [0.1, 0.15) is 5.82 Å². The van der Waals surface area contributed by atoms with Crippen molar-refractivity contribution in [1.29, 1.82) is 0 Å². The Morgan fingerprint density at radius 3 is 2.50 bits per heavy atom. The summed E-state index contributed by atoms with van der Waals surface area (Å²) < 4.78 is 12.8. The van der Waals surface area contributed by atoms with Crippen LogP contribution in [-0.4, -0.2) is 12.0 Å². The number of benzene rings is 1. The summed E-state index contributed by atoms with van der Waals surface area (Å²) in [6.45, 7) is 1.98. The van der Waals surface area contributed by atoms with E-state index in [1.165, 1.54) is 12.1 Å². The van der Waals surface area contributed by atoms with Crippen molar-refractivity contribution in [3.63, 3.8) is 0 Å². The number of hydrogen-bond acceptors (Lipinski definition) is 3. The molecule has 2 rings (SSSR count). The molecule has 1 unspecified atom stereocenters. The third-order valence-corrected chi connectivity index (χ3v) is 3.22. The minimum absolute atomic E-state index is 0.0329. The topological polar surface area (TPSA) is 24.9 Å². The fraction of sp³-hybridized carbons (Fsp3) is 0.250. The maximum Gasteiger partial charge on any atom is 0.123 e. The van der Waals surface area contributed by atoms with E-state index in [1.54, 1.807) is 23.5 Å². The smallest absolute Gasteiger partial charge is 0.123 e. The second-order valence-corrected chi connectivity index (χ2v) is 4.63. The molecule has 1 aromatic heterocycles. The van der Waals surface area contributed by atoms with Gasteiger partial charge in [-0.1, -0.05) is 12.1 Å². The van der Waals surface area contributed by atoms with Crippen LogP contribution in [0.4, 0.5) is 4.39 Å². The SMILES string of the molecule is CNC(c1ccc(F)cc1)c1csc(C)n1. The second kappa shape index (κ2) is 4.72. The first-order valence-corrected chi connectivity index (χ1v) is 5.93. The van der Waals surface area contributed by atoms with Crippen LogP contribution in [0.1, 0.15) is 22.3 Å². The number of nitrogens with one attached hydrogen (secondary N) is 1. The van der Waals surface area contributed by atoms with Gasteiger partial charge in [-0.15, -0.1) is 11.3 Å². The van der Waals surface area contributed by atoms with Crippen molar-refractivity contribution in [1.82, 2.24) is 10.3 Å². The maximum absolute atomic E-state index is 12.8. The molecular formula is C12H13FN2S. The highest BCUT2D eigenvalue weighted by molar-refractivity contribution is 7.09. The van der Waals surface area contributed by atoms with Crippen LogP contribution >= 0.6 is 11.3 Å². The first kappa shape index (κ1) is 11.2. The van der Waals surface area contributed by atoms with E-state index in [1.807, 2.05) is 19.4 Å². The van der Waals surface area contributed by atoms with Crippen LogP contribution < -0.4 is 5.32 Å². The monoisotopic (exact) mass is 236 g/mol. The molecule has 2 nitrogen and oxygen atoms in total. The number of rotatable bonds is 3. The van der Waals surface area contributed by atoms with Crippen LogP contribution in [0, 0.1) is 12.7 Å². The third kappa shape index (κ3) is 2.28. The van der Waals surface area contributed by atoms with Crippen molar-refractivity contribution in [2.75, 3.05) is 7.05 Å². The standard InChI is InChI=1S/C12H13FN2S/c1-8-15-11(7-16-8)12(14-2)9-3-5-10(13)6-4-9/h3-7,12,14H,1-2H3. The summed E-state index contributed by atoms with van der Waals surface area (Å²) in [5.74, 6) is -0.215. The number of hydrogen-bond donors (Lipinski definition) is 1. The van der Waals surface area contributed by atoms with Gasteiger partial charge in [0.15, 0.2) is 0 Å². The van der Waals surface area contributed by atoms with Crippen LogP contribution in [0.15, 0.2) is 29.6 Å². The molecule has 0 fully saturated rings. The predicted octanol–water partition coefficient (Wildman–Crippen LogP) is 2.90. The molecule has 0 radical (unpaired) electrons. The zero-order chi connectivity index (χ0) is 11.5. The highest BCUT2D eigenvalue weighted by Crippen LogP contribution is 2.23. The van der Waals surface area contributed by atoms with Gasteiger partial charge < -0.3 is 5.32 Å². The van der Waals surface area contributed by atoms with Gasteiger partial charge in [-0.3, -0.25) is 0 Å². The van der Waals surface area contributed by atoms with Crippen molar-refractivity contribution < 1.29 is 4.39 Å². The van der Waals surface area contributed by atoms with Crippen LogP contribution in [0.5, 0.6) is 0 Å². The van der Waals surface area contributed by atoms with Crippen molar-refractivity contribution in [3.8, 4) is 0 Å². The predicted molar refractivity (Wildman–Crippen MR) is 64.2 cm³/mol. The van der Waals surface area contributed by atoms with Crippen LogP contribution in [0.25, 0.3) is 0 Å². The van der Waals surface area contributed by atoms with Gasteiger partial charge in [0.2, 0.25) is 0 Å². The average molecular weight is 236 g/mol. The normalized spacial score (nSPS) is 12.7. The molecule has 1 aromatic carbocycles. The zero-order valence-electron chi connectivity index (χ0n) is 9.20. The fourth-order valence-electron chi connectivity index (χ4n) is 1.65. The van der Waals surface area contributed by atoms with Crippen LogP contribution in [0.2, 0.25) is 0 Å². The Balaban J connectivity index is 2.32. The molecule has 2 aromatic rings. The maximum atomic E-state index is 12.8. The minimum atomic E-state index is -0.215. The average Bonchev–Trinajstić information content (AvgIpc) is 2.69. The van der Waals surface area contributed by atoms with Gasteiger partial charge in [0.25, 0.3) is 0 Å². The molecule has 1 heterocycles. The summed E-state index contributed by atoms with van der Waals surface area (Å²) in [5, 5.41) is 6.26. The van der Waals surface area contributed by atoms with E-state index in [0.29, 0.717) is 0 Å². The molecule has 0 amide bonds. The summed E-state index contributed by atoms with van der Waals surface area (Å²) >= 11 is 1.62. The van der Waals surface area contributed by atoms with Crippen LogP contribution in [-0.2, 0) is 0 Å². The molecule has 84 valence electrons. The lowest BCUT2D eigenvalue weighted by molar-refractivity contribution is 0.622. The van der Waals surface area contributed by atoms with Gasteiger partial charge in [-0.2, -0.15) is 0 Å². The second-order valence-electron chi connectivity index (χ2n) is 3.56. The van der Waals surface area contributed by atoms with Crippen molar-refractivity contribution in [3.05, 3.63) is 51.7 Å². The minimum Gasteiger partial charge on any atom is -0.308 e. The molecule has 1 N–H and O–H groups in total. The fourth-order valence-corrected chi connectivity index (χ4v) is 2.29. The van der Waals surface area contributed by atoms with E-state index in [2.05, 4.69) is 10.3 Å². The lowest BCUT2D eigenvalue weighted by Gasteiger charge is -2.14. The molecule has 4 heteroatoms. The lowest BCUT2D eigenvalue weighted by Crippen LogP contribution is -2.17. The molecule has 0 saturated heterocycles. The van der Waals surface area contributed by atoms with Crippen LogP contribution in [0.3, 0.4) is 0 Å². The zero-order valence-corrected chi connectivity index (χ0v) is 10.0. The summed E-state index contributed by atoms with van der Waals surface area (Å²) in [6.07, 6.45) is 0. The molecule has 0 aliphatic carbocycles. The molecule has 1 atom stereocenters. The van der Waals surface area contributed by atoms with Gasteiger partial charge in [0.05, 0.1) is 16.7 Å². The molecule has 16 heavy (non-hydrogen) atoms. The van der Waals surface area contributed by atoms with E-state index in [4.69, 9.17) is 0 Å². The Morgan fingerprint density at radius 2 is 2.00 bits per heavy atom. The molecule has 0 aliphatic rings. The largest absolute Gasteiger partial charge is 0.308 e. The van der Waals surface area contributed by atoms with Crippen molar-refractivity contribution >= 4 is 11.3 Å². The first-order valence-electron chi connectivity index (χ1n) is 5.05. The number of nitrogens with zero attached hydrogens (tertiary/aromatic N) is 1. The molecule has 0 spiro atoms. The summed E-state index contributed by atoms with van der Waals surface area (Å²) in [5.41, 5.74) is 2.01. The van der Waals surface area contributed by atoms with Crippen molar-refractivity contribution in [2.45, 2.75) is 13.0 Å². The third-order valence-electron chi connectivity index (χ3n) is 2.42. The van der Waals surface area contributed by atoms with E-state index in [9.17, 15) is 4.39 Å². The molecular weight excluding hydrogens is 223 g/mol. The van der Waals surface area contributed by atoms with Gasteiger partial charge >= 0.3 is 0 Å². The molecule has 0 bridgehead atoms.